The van der Waals surface area contributed by atoms with E-state index in [1.165, 1.54) is 24.2 Å². The molecule has 1 unspecified atom stereocenters. The molecule has 5 N–H and O–H groups in total. The summed E-state index contributed by atoms with van der Waals surface area (Å²) in [4.78, 5) is 32.0. The minimum absolute atomic E-state index is 0.0690. The first-order valence-corrected chi connectivity index (χ1v) is 11.3. The van der Waals surface area contributed by atoms with Crippen LogP contribution in [0.25, 0.3) is 0 Å². The molecule has 2 aromatic rings. The van der Waals surface area contributed by atoms with E-state index in [0.717, 1.165) is 50.4 Å². The van der Waals surface area contributed by atoms with E-state index in [0.29, 0.717) is 15.4 Å². The van der Waals surface area contributed by atoms with Crippen molar-refractivity contribution in [3.8, 4) is 11.8 Å². The van der Waals surface area contributed by atoms with Crippen LogP contribution in [0, 0.1) is 11.8 Å². The van der Waals surface area contributed by atoms with Gasteiger partial charge in [-0.05, 0) is 50.4 Å². The van der Waals surface area contributed by atoms with E-state index in [4.69, 9.17) is 5.73 Å². The highest BCUT2D eigenvalue weighted by molar-refractivity contribution is 7.15. The standard InChI is InChI=1S/C22H26N6O2S/c23-22(30)27-18-12-17(31-20(18)21(29)26-16-4-3-9-24-14-16)7-5-15-6-8-19(25-13-15)28-10-1-2-11-28/h6,8,12-13,16,24H,1-4,9-11,14H2,(H,26,29)(H3,23,27,30). The predicted molar refractivity (Wildman–Crippen MR) is 123 cm³/mol. The average Bonchev–Trinajstić information content (AvgIpc) is 3.43. The number of urea groups is 1. The molecule has 9 heteroatoms. The number of pyridine rings is 1. The zero-order valence-electron chi connectivity index (χ0n) is 17.2. The number of amides is 3. The number of piperidine rings is 1. The highest BCUT2D eigenvalue weighted by Crippen LogP contribution is 2.27. The summed E-state index contributed by atoms with van der Waals surface area (Å²) in [6.07, 6.45) is 6.12. The lowest BCUT2D eigenvalue weighted by Crippen LogP contribution is -2.45. The van der Waals surface area contributed by atoms with E-state index in [-0.39, 0.29) is 11.9 Å². The quantitative estimate of drug-likeness (QED) is 0.546. The van der Waals surface area contributed by atoms with Gasteiger partial charge < -0.3 is 26.6 Å². The third-order valence-electron chi connectivity index (χ3n) is 5.34. The summed E-state index contributed by atoms with van der Waals surface area (Å²) in [7, 11) is 0. The van der Waals surface area contributed by atoms with Gasteiger partial charge in [0.15, 0.2) is 0 Å². The Balaban J connectivity index is 1.49. The smallest absolute Gasteiger partial charge is 0.316 e. The number of aromatic nitrogens is 1. The zero-order valence-corrected chi connectivity index (χ0v) is 18.1. The van der Waals surface area contributed by atoms with Gasteiger partial charge in [-0.25, -0.2) is 9.78 Å². The maximum atomic E-state index is 12.8. The molecule has 0 saturated carbocycles. The summed E-state index contributed by atoms with van der Waals surface area (Å²) in [6.45, 7) is 3.80. The van der Waals surface area contributed by atoms with Crippen LogP contribution in [0.4, 0.5) is 16.3 Å². The number of rotatable bonds is 4. The van der Waals surface area contributed by atoms with Crippen LogP contribution in [0.15, 0.2) is 24.4 Å². The van der Waals surface area contributed by atoms with Crippen LogP contribution in [0.2, 0.25) is 0 Å². The van der Waals surface area contributed by atoms with Crippen molar-refractivity contribution >= 4 is 34.8 Å². The second-order valence-electron chi connectivity index (χ2n) is 7.71. The minimum Gasteiger partial charge on any atom is -0.357 e. The molecule has 8 nitrogen and oxygen atoms in total. The topological polar surface area (TPSA) is 112 Å². The van der Waals surface area contributed by atoms with E-state index >= 15 is 0 Å². The lowest BCUT2D eigenvalue weighted by Gasteiger charge is -2.23. The van der Waals surface area contributed by atoms with Gasteiger partial charge in [0.1, 0.15) is 10.7 Å². The highest BCUT2D eigenvalue weighted by atomic mass is 32.1. The fraction of sp³-hybridized carbons (Fsp3) is 0.409. The summed E-state index contributed by atoms with van der Waals surface area (Å²) >= 11 is 1.24. The molecule has 1 atom stereocenters. The third-order valence-corrected chi connectivity index (χ3v) is 6.39. The van der Waals surface area contributed by atoms with Crippen molar-refractivity contribution in [3.05, 3.63) is 39.7 Å². The molecule has 4 heterocycles. The van der Waals surface area contributed by atoms with E-state index in [1.807, 2.05) is 12.1 Å². The van der Waals surface area contributed by atoms with Gasteiger partial charge in [0.05, 0.1) is 10.6 Å². The monoisotopic (exact) mass is 438 g/mol. The molecule has 31 heavy (non-hydrogen) atoms. The number of primary amides is 1. The van der Waals surface area contributed by atoms with Crippen LogP contribution in [0.5, 0.6) is 0 Å². The van der Waals surface area contributed by atoms with Gasteiger partial charge in [-0.2, -0.15) is 0 Å². The number of carbonyl (C=O) groups is 2. The van der Waals surface area contributed by atoms with Crippen molar-refractivity contribution in [2.45, 2.75) is 31.7 Å². The molecule has 2 fully saturated rings. The van der Waals surface area contributed by atoms with Gasteiger partial charge in [0.2, 0.25) is 0 Å². The Hall–Kier alpha value is -3.09. The Kier molecular flexibility index (Phi) is 6.70. The lowest BCUT2D eigenvalue weighted by molar-refractivity contribution is 0.0935. The molecular weight excluding hydrogens is 412 g/mol. The largest absolute Gasteiger partial charge is 0.357 e. The Morgan fingerprint density at radius 3 is 2.74 bits per heavy atom. The fourth-order valence-electron chi connectivity index (χ4n) is 3.80. The van der Waals surface area contributed by atoms with Gasteiger partial charge in [-0.1, -0.05) is 11.8 Å². The summed E-state index contributed by atoms with van der Waals surface area (Å²) in [5.74, 6) is 6.91. The van der Waals surface area contributed by atoms with Crippen LogP contribution >= 0.6 is 11.3 Å². The van der Waals surface area contributed by atoms with E-state index in [1.54, 1.807) is 12.3 Å². The zero-order chi connectivity index (χ0) is 21.6. The van der Waals surface area contributed by atoms with Gasteiger partial charge >= 0.3 is 6.03 Å². The average molecular weight is 439 g/mol. The summed E-state index contributed by atoms with van der Waals surface area (Å²) in [5.41, 5.74) is 6.45. The Labute approximate surface area is 185 Å². The molecule has 0 aromatic carbocycles. The number of anilines is 2. The second-order valence-corrected chi connectivity index (χ2v) is 8.76. The van der Waals surface area contributed by atoms with Crippen molar-refractivity contribution in [2.75, 3.05) is 36.4 Å². The Bertz CT molecular complexity index is 995. The first kappa shape index (κ1) is 21.2. The predicted octanol–water partition coefficient (Wildman–Crippen LogP) is 2.12. The van der Waals surface area contributed by atoms with E-state index in [9.17, 15) is 9.59 Å². The normalized spacial score (nSPS) is 18.2. The van der Waals surface area contributed by atoms with Crippen LogP contribution < -0.4 is 26.6 Å². The van der Waals surface area contributed by atoms with E-state index < -0.39 is 6.03 Å². The Morgan fingerprint density at radius 1 is 1.23 bits per heavy atom. The molecule has 2 aliphatic heterocycles. The van der Waals surface area contributed by atoms with Gasteiger partial charge in [0.25, 0.3) is 5.91 Å². The van der Waals surface area contributed by atoms with Crippen molar-refractivity contribution in [1.82, 2.24) is 15.6 Å². The van der Waals surface area contributed by atoms with Crippen LogP contribution in [-0.2, 0) is 0 Å². The molecule has 0 bridgehead atoms. The maximum absolute atomic E-state index is 12.8. The van der Waals surface area contributed by atoms with Crippen molar-refractivity contribution in [1.29, 1.82) is 0 Å². The summed E-state index contributed by atoms with van der Waals surface area (Å²) < 4.78 is 0. The molecule has 3 amide bonds. The molecule has 2 saturated heterocycles. The van der Waals surface area contributed by atoms with Crippen molar-refractivity contribution in [2.24, 2.45) is 5.73 Å². The molecule has 0 aliphatic carbocycles. The fourth-order valence-corrected chi connectivity index (χ4v) is 4.67. The van der Waals surface area contributed by atoms with Gasteiger partial charge in [-0.15, -0.1) is 11.3 Å². The first-order chi connectivity index (χ1) is 15.1. The number of hydrogen-bond acceptors (Lipinski definition) is 6. The lowest BCUT2D eigenvalue weighted by atomic mass is 10.1. The van der Waals surface area contributed by atoms with Crippen LogP contribution in [0.1, 0.15) is 45.8 Å². The number of nitrogens with two attached hydrogens (primary N) is 1. The van der Waals surface area contributed by atoms with Crippen LogP contribution in [0.3, 0.4) is 0 Å². The SMILES string of the molecule is NC(=O)Nc1cc(C#Cc2ccc(N3CCCC3)nc2)sc1C(=O)NC1CCCNC1. The van der Waals surface area contributed by atoms with Gasteiger partial charge in [0, 0.05) is 37.4 Å². The number of carbonyl (C=O) groups excluding carboxylic acids is 2. The second kappa shape index (κ2) is 9.81. The molecule has 162 valence electrons. The van der Waals surface area contributed by atoms with Gasteiger partial charge in [-0.3, -0.25) is 4.79 Å². The first-order valence-electron chi connectivity index (χ1n) is 10.5. The van der Waals surface area contributed by atoms with Crippen molar-refractivity contribution < 1.29 is 9.59 Å². The number of nitrogens with one attached hydrogen (secondary N) is 3. The molecule has 2 aliphatic rings. The number of nitrogens with zero attached hydrogens (tertiary/aromatic N) is 2. The van der Waals surface area contributed by atoms with Crippen LogP contribution in [-0.4, -0.2) is 49.1 Å². The van der Waals surface area contributed by atoms with Crippen molar-refractivity contribution in [3.63, 3.8) is 0 Å². The minimum atomic E-state index is -0.715. The van der Waals surface area contributed by atoms with E-state index in [2.05, 4.69) is 37.7 Å². The molecule has 0 spiro atoms. The molecule has 4 rings (SSSR count). The molecule has 0 radical (unpaired) electrons. The summed E-state index contributed by atoms with van der Waals surface area (Å²) in [6, 6.07) is 4.98. The Morgan fingerprint density at radius 2 is 2.06 bits per heavy atom. The highest BCUT2D eigenvalue weighted by Gasteiger charge is 2.21. The maximum Gasteiger partial charge on any atom is 0.316 e. The number of hydrogen-bond donors (Lipinski definition) is 4. The molecule has 2 aromatic heterocycles. The third kappa shape index (κ3) is 5.54. The number of thiophene rings is 1. The molecular formula is C22H26N6O2S. The summed E-state index contributed by atoms with van der Waals surface area (Å²) in [5, 5.41) is 8.83.